The number of nitrogens with zero attached hydrogens (tertiary/aromatic N) is 4. The molecule has 2 aromatic heterocycles. The molecule has 30 heavy (non-hydrogen) atoms. The van der Waals surface area contributed by atoms with Crippen LogP contribution in [0.3, 0.4) is 0 Å². The van der Waals surface area contributed by atoms with E-state index in [1.807, 2.05) is 19.9 Å². The van der Waals surface area contributed by atoms with Crippen LogP contribution in [0.1, 0.15) is 42.6 Å². The number of rotatable bonds is 5. The van der Waals surface area contributed by atoms with Gasteiger partial charge in [-0.05, 0) is 44.2 Å². The minimum Gasteiger partial charge on any atom is -0.459 e. The van der Waals surface area contributed by atoms with E-state index in [0.29, 0.717) is 16.9 Å². The van der Waals surface area contributed by atoms with Gasteiger partial charge in [-0.15, -0.1) is 0 Å². The first-order chi connectivity index (χ1) is 14.4. The molecular formula is C21H17ClN4O4. The Hall–Kier alpha value is -3.52. The molecule has 1 aliphatic heterocycles. The summed E-state index contributed by atoms with van der Waals surface area (Å²) in [5.74, 6) is -1.14. The van der Waals surface area contributed by atoms with Gasteiger partial charge in [-0.2, -0.15) is 5.10 Å². The Morgan fingerprint density at radius 3 is 2.33 bits per heavy atom. The summed E-state index contributed by atoms with van der Waals surface area (Å²) in [6.45, 7) is 3.49. The maximum absolute atomic E-state index is 12.5. The van der Waals surface area contributed by atoms with Crippen LogP contribution >= 0.6 is 11.6 Å². The highest BCUT2D eigenvalue weighted by Crippen LogP contribution is 2.22. The molecule has 0 saturated heterocycles. The molecule has 3 heterocycles. The predicted molar refractivity (Wildman–Crippen MR) is 108 cm³/mol. The molecule has 2 amide bonds. The van der Waals surface area contributed by atoms with Gasteiger partial charge >= 0.3 is 5.97 Å². The Morgan fingerprint density at radius 1 is 1.07 bits per heavy atom. The van der Waals surface area contributed by atoms with E-state index in [9.17, 15) is 14.4 Å². The molecule has 1 aromatic carbocycles. The van der Waals surface area contributed by atoms with E-state index in [1.165, 1.54) is 0 Å². The maximum Gasteiger partial charge on any atom is 0.358 e. The zero-order valence-corrected chi connectivity index (χ0v) is 17.0. The number of fused-ring (bicyclic) bond motifs is 1. The minimum atomic E-state index is -0.750. The van der Waals surface area contributed by atoms with Crippen molar-refractivity contribution in [2.45, 2.75) is 13.8 Å². The van der Waals surface area contributed by atoms with Crippen molar-refractivity contribution < 1.29 is 19.1 Å². The first-order valence-electron chi connectivity index (χ1n) is 9.19. The normalized spacial score (nSPS) is 13.0. The van der Waals surface area contributed by atoms with E-state index in [2.05, 4.69) is 10.1 Å². The second kappa shape index (κ2) is 7.72. The largest absolute Gasteiger partial charge is 0.459 e. The number of amides is 2. The van der Waals surface area contributed by atoms with Crippen molar-refractivity contribution in [1.29, 1.82) is 0 Å². The van der Waals surface area contributed by atoms with Gasteiger partial charge in [0.1, 0.15) is 6.61 Å². The van der Waals surface area contributed by atoms with Crippen LogP contribution in [-0.4, -0.2) is 50.6 Å². The lowest BCUT2D eigenvalue weighted by atomic mass is 10.1. The fourth-order valence-corrected chi connectivity index (χ4v) is 3.48. The van der Waals surface area contributed by atoms with Gasteiger partial charge in [0.25, 0.3) is 11.8 Å². The summed E-state index contributed by atoms with van der Waals surface area (Å²) >= 11 is 6.13. The summed E-state index contributed by atoms with van der Waals surface area (Å²) in [7, 11) is 0. The predicted octanol–water partition coefficient (Wildman–Crippen LogP) is 2.99. The van der Waals surface area contributed by atoms with Gasteiger partial charge in [-0.3, -0.25) is 14.5 Å². The fourth-order valence-electron chi connectivity index (χ4n) is 3.29. The highest BCUT2D eigenvalue weighted by Gasteiger charge is 2.35. The number of halogens is 1. The van der Waals surface area contributed by atoms with Crippen molar-refractivity contribution in [1.82, 2.24) is 19.7 Å². The molecule has 0 fully saturated rings. The van der Waals surface area contributed by atoms with Gasteiger partial charge in [-0.1, -0.05) is 23.7 Å². The summed E-state index contributed by atoms with van der Waals surface area (Å²) < 4.78 is 6.83. The molecule has 0 radical (unpaired) electrons. The van der Waals surface area contributed by atoms with Crippen LogP contribution in [0.25, 0.3) is 5.82 Å². The monoisotopic (exact) mass is 424 g/mol. The number of carbonyl (C=O) groups is 3. The number of carbonyl (C=O) groups excluding carboxylic acids is 3. The number of pyridine rings is 1. The number of hydrogen-bond acceptors (Lipinski definition) is 6. The van der Waals surface area contributed by atoms with Gasteiger partial charge in [-0.25, -0.2) is 14.5 Å². The molecule has 3 aromatic rings. The Bertz CT molecular complexity index is 1150. The SMILES string of the molecule is Cc1cc(C)n(-c2ccc(Cl)c(C(=O)OCCN3C(=O)c4ccccc4C3=O)n2)n1. The highest BCUT2D eigenvalue weighted by atomic mass is 35.5. The van der Waals surface area contributed by atoms with Crippen molar-refractivity contribution in [3.05, 3.63) is 75.7 Å². The van der Waals surface area contributed by atoms with Crippen molar-refractivity contribution in [3.63, 3.8) is 0 Å². The standard InChI is InChI=1S/C21H17ClN4O4/c1-12-11-13(2)26(24-12)17-8-7-16(22)18(23-17)21(29)30-10-9-25-19(27)14-5-3-4-6-15(14)20(25)28/h3-8,11H,9-10H2,1-2H3. The number of hydrogen-bond donors (Lipinski definition) is 0. The highest BCUT2D eigenvalue weighted by molar-refractivity contribution is 6.33. The Labute approximate surface area is 177 Å². The molecule has 8 nitrogen and oxygen atoms in total. The Kier molecular flexibility index (Phi) is 5.09. The molecule has 0 N–H and O–H groups in total. The van der Waals surface area contributed by atoms with Crippen LogP contribution in [0.15, 0.2) is 42.5 Å². The lowest BCUT2D eigenvalue weighted by Crippen LogP contribution is -2.33. The summed E-state index contributed by atoms with van der Waals surface area (Å²) in [6, 6.07) is 11.6. The second-order valence-electron chi connectivity index (χ2n) is 6.78. The molecule has 0 atom stereocenters. The summed E-state index contributed by atoms with van der Waals surface area (Å²) in [4.78, 5) is 42.6. The average molecular weight is 425 g/mol. The Morgan fingerprint density at radius 2 is 1.73 bits per heavy atom. The average Bonchev–Trinajstić information content (AvgIpc) is 3.19. The number of esters is 1. The van der Waals surface area contributed by atoms with Crippen molar-refractivity contribution in [2.24, 2.45) is 0 Å². The van der Waals surface area contributed by atoms with Crippen LogP contribution in [0.2, 0.25) is 5.02 Å². The molecule has 1 aliphatic rings. The van der Waals surface area contributed by atoms with E-state index in [0.717, 1.165) is 16.3 Å². The summed E-state index contributed by atoms with van der Waals surface area (Å²) in [6.07, 6.45) is 0. The zero-order chi connectivity index (χ0) is 21.4. The quantitative estimate of drug-likeness (QED) is 0.461. The number of aromatic nitrogens is 3. The molecular weight excluding hydrogens is 408 g/mol. The number of aryl methyl sites for hydroxylation is 2. The van der Waals surface area contributed by atoms with Crippen LogP contribution in [0.4, 0.5) is 0 Å². The van der Waals surface area contributed by atoms with E-state index in [1.54, 1.807) is 41.1 Å². The van der Waals surface area contributed by atoms with E-state index in [4.69, 9.17) is 16.3 Å². The van der Waals surface area contributed by atoms with Crippen LogP contribution in [0, 0.1) is 13.8 Å². The van der Waals surface area contributed by atoms with Gasteiger partial charge in [0, 0.05) is 5.69 Å². The van der Waals surface area contributed by atoms with E-state index in [-0.39, 0.29) is 23.9 Å². The third-order valence-corrected chi connectivity index (χ3v) is 4.98. The molecule has 0 saturated carbocycles. The molecule has 4 rings (SSSR count). The molecule has 0 bridgehead atoms. The minimum absolute atomic E-state index is 0.0626. The maximum atomic E-state index is 12.5. The summed E-state index contributed by atoms with van der Waals surface area (Å²) in [5.41, 5.74) is 2.29. The third-order valence-electron chi connectivity index (χ3n) is 4.68. The van der Waals surface area contributed by atoms with Crippen molar-refractivity contribution in [2.75, 3.05) is 13.2 Å². The first-order valence-corrected chi connectivity index (χ1v) is 9.57. The number of benzene rings is 1. The third kappa shape index (κ3) is 3.46. The van der Waals surface area contributed by atoms with E-state index < -0.39 is 17.8 Å². The van der Waals surface area contributed by atoms with Gasteiger partial charge in [0.05, 0.1) is 28.4 Å². The summed E-state index contributed by atoms with van der Waals surface area (Å²) in [5, 5.41) is 4.47. The van der Waals surface area contributed by atoms with E-state index >= 15 is 0 Å². The van der Waals surface area contributed by atoms with Crippen LogP contribution < -0.4 is 0 Å². The van der Waals surface area contributed by atoms with Crippen LogP contribution in [0.5, 0.6) is 0 Å². The van der Waals surface area contributed by atoms with Gasteiger partial charge in [0.15, 0.2) is 11.5 Å². The number of imide groups is 1. The fraction of sp³-hybridized carbons (Fsp3) is 0.190. The number of ether oxygens (including phenoxy) is 1. The topological polar surface area (TPSA) is 94.4 Å². The molecule has 0 spiro atoms. The van der Waals surface area contributed by atoms with Crippen molar-refractivity contribution in [3.8, 4) is 5.82 Å². The van der Waals surface area contributed by atoms with Crippen molar-refractivity contribution >= 4 is 29.4 Å². The second-order valence-corrected chi connectivity index (χ2v) is 7.19. The first kappa shape index (κ1) is 19.8. The lowest BCUT2D eigenvalue weighted by Gasteiger charge is -2.14. The van der Waals surface area contributed by atoms with Gasteiger partial charge in [0.2, 0.25) is 0 Å². The molecule has 9 heteroatoms. The Balaban J connectivity index is 1.45. The molecule has 0 aliphatic carbocycles. The van der Waals surface area contributed by atoms with Gasteiger partial charge < -0.3 is 4.74 Å². The van der Waals surface area contributed by atoms with Crippen LogP contribution in [-0.2, 0) is 4.74 Å². The lowest BCUT2D eigenvalue weighted by molar-refractivity contribution is 0.0415. The molecule has 0 unspecified atom stereocenters. The smallest absolute Gasteiger partial charge is 0.358 e. The molecule has 152 valence electrons. The zero-order valence-electron chi connectivity index (χ0n) is 16.3.